The van der Waals surface area contributed by atoms with Gasteiger partial charge in [-0.3, -0.25) is 0 Å². The highest BCUT2D eigenvalue weighted by molar-refractivity contribution is 5.79. The summed E-state index contributed by atoms with van der Waals surface area (Å²) in [5, 5.41) is 0. The van der Waals surface area contributed by atoms with Gasteiger partial charge in [0.15, 0.2) is 0 Å². The molecule has 1 aromatic heterocycles. The topological polar surface area (TPSA) is 27.1 Å². The average molecular weight is 380 g/mol. The maximum atomic E-state index is 6.11. The number of ether oxygens (including phenoxy) is 1. The van der Waals surface area contributed by atoms with Gasteiger partial charge in [0, 0.05) is 0 Å². The molecule has 0 bridgehead atoms. The number of fused-ring (bicyclic) bond motifs is 1. The molecule has 0 saturated heterocycles. The zero-order valence-corrected chi connectivity index (χ0v) is 16.4. The lowest BCUT2D eigenvalue weighted by Crippen LogP contribution is -2.10. The van der Waals surface area contributed by atoms with E-state index in [1.54, 1.807) is 0 Å². The second-order valence-electron chi connectivity index (χ2n) is 6.80. The Morgan fingerprint density at radius 3 is 2.48 bits per heavy atom. The van der Waals surface area contributed by atoms with Gasteiger partial charge >= 0.3 is 0 Å². The summed E-state index contributed by atoms with van der Waals surface area (Å²) in [5.74, 6) is 1.84. The number of hydrogen-bond acceptors (Lipinski definition) is 2. The smallest absolute Gasteiger partial charge is 0.133 e. The van der Waals surface area contributed by atoms with Crippen molar-refractivity contribution in [1.29, 1.82) is 0 Å². The monoisotopic (exact) mass is 380 g/mol. The van der Waals surface area contributed by atoms with E-state index < -0.39 is 0 Å². The lowest BCUT2D eigenvalue weighted by molar-refractivity contribution is 0.297. The van der Waals surface area contributed by atoms with Crippen LogP contribution in [-0.4, -0.2) is 16.2 Å². The van der Waals surface area contributed by atoms with Crippen molar-refractivity contribution in [2.75, 3.05) is 6.61 Å². The van der Waals surface area contributed by atoms with Gasteiger partial charge in [0.2, 0.25) is 0 Å². The third-order valence-corrected chi connectivity index (χ3v) is 4.82. The highest BCUT2D eigenvalue weighted by atomic mass is 16.5. The van der Waals surface area contributed by atoms with Crippen molar-refractivity contribution in [2.24, 2.45) is 0 Å². The Balaban J connectivity index is 1.56. The zero-order chi connectivity index (χ0) is 19.9. The van der Waals surface area contributed by atoms with Crippen LogP contribution >= 0.6 is 0 Å². The Bertz CT molecular complexity index is 1130. The zero-order valence-electron chi connectivity index (χ0n) is 16.4. The van der Waals surface area contributed by atoms with E-state index in [4.69, 9.17) is 9.72 Å². The maximum absolute atomic E-state index is 6.11. The Kier molecular flexibility index (Phi) is 5.87. The summed E-state index contributed by atoms with van der Waals surface area (Å²) < 4.78 is 8.32. The largest absolute Gasteiger partial charge is 0.491 e. The summed E-state index contributed by atoms with van der Waals surface area (Å²) in [5.41, 5.74) is 4.42. The first-order chi connectivity index (χ1) is 14.3. The molecule has 29 heavy (non-hydrogen) atoms. The van der Waals surface area contributed by atoms with Crippen LogP contribution in [0.4, 0.5) is 0 Å². The molecule has 0 atom stereocenters. The highest BCUT2D eigenvalue weighted by Gasteiger charge is 2.09. The van der Waals surface area contributed by atoms with Crippen LogP contribution in [0.1, 0.15) is 17.0 Å². The standard InChI is InChI=1S/C26H24N2O/c1-2-10-22-13-6-9-16-25(22)29-20-19-28-24-15-8-7-14-23(24)27-26(28)18-17-21-11-4-3-5-12-21/h2-9,11-18H,1,10,19-20H2/b18-17+. The third-order valence-electron chi connectivity index (χ3n) is 4.82. The molecular weight excluding hydrogens is 356 g/mol. The van der Waals surface area contributed by atoms with E-state index in [2.05, 4.69) is 47.6 Å². The summed E-state index contributed by atoms with van der Waals surface area (Å²) in [7, 11) is 0. The van der Waals surface area contributed by atoms with Crippen LogP contribution < -0.4 is 4.74 Å². The normalized spacial score (nSPS) is 11.2. The SMILES string of the molecule is C=CCc1ccccc1OCCn1c(/C=C/c2ccccc2)nc2ccccc21. The van der Waals surface area contributed by atoms with E-state index in [9.17, 15) is 0 Å². The van der Waals surface area contributed by atoms with Crippen LogP contribution in [-0.2, 0) is 13.0 Å². The molecule has 0 N–H and O–H groups in total. The quantitative estimate of drug-likeness (QED) is 0.350. The van der Waals surface area contributed by atoms with Crippen molar-refractivity contribution in [2.45, 2.75) is 13.0 Å². The van der Waals surface area contributed by atoms with Crippen molar-refractivity contribution >= 4 is 23.2 Å². The fraction of sp³-hybridized carbons (Fsp3) is 0.115. The molecule has 1 heterocycles. The van der Waals surface area contributed by atoms with Gasteiger partial charge in [-0.15, -0.1) is 6.58 Å². The van der Waals surface area contributed by atoms with Gasteiger partial charge in [-0.2, -0.15) is 0 Å². The van der Waals surface area contributed by atoms with Crippen molar-refractivity contribution in [3.63, 3.8) is 0 Å². The Morgan fingerprint density at radius 1 is 0.862 bits per heavy atom. The number of hydrogen-bond donors (Lipinski definition) is 0. The van der Waals surface area contributed by atoms with Gasteiger partial charge in [0.1, 0.15) is 18.2 Å². The summed E-state index contributed by atoms with van der Waals surface area (Å²) in [6, 6.07) is 26.6. The van der Waals surface area contributed by atoms with Crippen molar-refractivity contribution < 1.29 is 4.74 Å². The molecule has 3 aromatic carbocycles. The van der Waals surface area contributed by atoms with Crippen LogP contribution in [0.2, 0.25) is 0 Å². The molecule has 3 nitrogen and oxygen atoms in total. The summed E-state index contributed by atoms with van der Waals surface area (Å²) in [6.07, 6.45) is 6.87. The lowest BCUT2D eigenvalue weighted by atomic mass is 10.1. The number of aromatic nitrogens is 2. The van der Waals surface area contributed by atoms with E-state index >= 15 is 0 Å². The fourth-order valence-electron chi connectivity index (χ4n) is 3.41. The fourth-order valence-corrected chi connectivity index (χ4v) is 3.41. The molecule has 144 valence electrons. The number of para-hydroxylation sites is 3. The molecule has 0 fully saturated rings. The minimum atomic E-state index is 0.570. The van der Waals surface area contributed by atoms with Crippen molar-refractivity contribution in [1.82, 2.24) is 9.55 Å². The van der Waals surface area contributed by atoms with Gasteiger partial charge in [-0.05, 0) is 41.8 Å². The molecule has 0 aliphatic heterocycles. The third kappa shape index (κ3) is 4.46. The van der Waals surface area contributed by atoms with E-state index in [1.165, 1.54) is 0 Å². The maximum Gasteiger partial charge on any atom is 0.133 e. The Labute approximate surface area is 171 Å². The first-order valence-electron chi connectivity index (χ1n) is 9.85. The molecule has 0 aliphatic carbocycles. The number of allylic oxidation sites excluding steroid dienone is 1. The van der Waals surface area contributed by atoms with Gasteiger partial charge in [-0.1, -0.05) is 72.8 Å². The van der Waals surface area contributed by atoms with E-state index in [0.29, 0.717) is 6.61 Å². The Hall–Kier alpha value is -3.59. The molecule has 4 rings (SSSR count). The number of rotatable bonds is 8. The van der Waals surface area contributed by atoms with Crippen LogP contribution in [0.3, 0.4) is 0 Å². The first kappa shape index (κ1) is 18.8. The van der Waals surface area contributed by atoms with E-state index in [-0.39, 0.29) is 0 Å². The number of imidazole rings is 1. The summed E-state index contributed by atoms with van der Waals surface area (Å²) >= 11 is 0. The molecular formula is C26H24N2O. The first-order valence-corrected chi connectivity index (χ1v) is 9.85. The van der Waals surface area contributed by atoms with Gasteiger partial charge in [-0.25, -0.2) is 4.98 Å². The number of benzene rings is 3. The summed E-state index contributed by atoms with van der Waals surface area (Å²) in [4.78, 5) is 4.81. The van der Waals surface area contributed by atoms with Crippen LogP contribution in [0, 0.1) is 0 Å². The van der Waals surface area contributed by atoms with Gasteiger partial charge < -0.3 is 9.30 Å². The van der Waals surface area contributed by atoms with Crippen LogP contribution in [0.15, 0.2) is 91.5 Å². The lowest BCUT2D eigenvalue weighted by Gasteiger charge is -2.12. The predicted octanol–water partition coefficient (Wildman–Crippen LogP) is 6.01. The second-order valence-corrected chi connectivity index (χ2v) is 6.80. The number of nitrogens with zero attached hydrogens (tertiary/aromatic N) is 2. The minimum Gasteiger partial charge on any atom is -0.491 e. The van der Waals surface area contributed by atoms with E-state index in [0.717, 1.165) is 46.7 Å². The molecule has 0 unspecified atom stereocenters. The molecule has 0 amide bonds. The molecule has 4 aromatic rings. The van der Waals surface area contributed by atoms with Crippen LogP contribution in [0.25, 0.3) is 23.2 Å². The minimum absolute atomic E-state index is 0.570. The molecule has 0 aliphatic rings. The molecule has 0 spiro atoms. The Morgan fingerprint density at radius 2 is 1.62 bits per heavy atom. The highest BCUT2D eigenvalue weighted by Crippen LogP contribution is 2.21. The average Bonchev–Trinajstić information content (AvgIpc) is 3.12. The van der Waals surface area contributed by atoms with Crippen molar-refractivity contribution in [3.05, 3.63) is 108 Å². The van der Waals surface area contributed by atoms with Gasteiger partial charge in [0.25, 0.3) is 0 Å². The van der Waals surface area contributed by atoms with Crippen LogP contribution in [0.5, 0.6) is 5.75 Å². The molecule has 0 radical (unpaired) electrons. The van der Waals surface area contributed by atoms with Crippen molar-refractivity contribution in [3.8, 4) is 5.75 Å². The summed E-state index contributed by atoms with van der Waals surface area (Å²) in [6.45, 7) is 5.12. The predicted molar refractivity (Wildman–Crippen MR) is 121 cm³/mol. The van der Waals surface area contributed by atoms with Gasteiger partial charge in [0.05, 0.1) is 17.6 Å². The second kappa shape index (κ2) is 9.07. The van der Waals surface area contributed by atoms with E-state index in [1.807, 2.05) is 60.7 Å². The molecule has 3 heteroatoms. The molecule has 0 saturated carbocycles.